The molecular weight excluding hydrogens is 278 g/mol. The largest absolute Gasteiger partial charge is 0.280 e. The quantitative estimate of drug-likeness (QED) is 0.607. The third kappa shape index (κ3) is 1.50. The lowest BCUT2D eigenvalue weighted by Crippen LogP contribution is -2.04. The minimum absolute atomic E-state index is 0.0364. The lowest BCUT2D eigenvalue weighted by molar-refractivity contribution is 0.0946. The summed E-state index contributed by atoms with van der Waals surface area (Å²) in [7, 11) is 0. The Morgan fingerprint density at radius 2 is 1.76 bits per heavy atom. The molecule has 2 nitrogen and oxygen atoms in total. The summed E-state index contributed by atoms with van der Waals surface area (Å²) in [5.74, 6) is 0.0364. The van der Waals surface area contributed by atoms with Crippen LogP contribution in [-0.4, -0.2) is 10.5 Å². The minimum atomic E-state index is 0.0364. The molecule has 0 aliphatic carbocycles. The third-order valence-corrected chi connectivity index (χ3v) is 3.44. The second-order valence-electron chi connectivity index (χ2n) is 4.03. The van der Waals surface area contributed by atoms with Crippen molar-refractivity contribution < 1.29 is 4.79 Å². The molecule has 0 aliphatic rings. The molecule has 3 rings (SSSR count). The van der Waals surface area contributed by atoms with E-state index in [-0.39, 0.29) is 5.91 Å². The van der Waals surface area contributed by atoms with Gasteiger partial charge in [0.1, 0.15) is 0 Å². The first kappa shape index (κ1) is 10.5. The van der Waals surface area contributed by atoms with Crippen molar-refractivity contribution in [2.75, 3.05) is 0 Å². The van der Waals surface area contributed by atoms with Crippen molar-refractivity contribution in [3.63, 3.8) is 0 Å². The number of hydrogen-bond acceptors (Lipinski definition) is 1. The summed E-state index contributed by atoms with van der Waals surface area (Å²) in [6.45, 7) is 1.59. The molecule has 3 aromatic rings. The van der Waals surface area contributed by atoms with Gasteiger partial charge in [0.05, 0.1) is 11.0 Å². The van der Waals surface area contributed by atoms with E-state index in [1.165, 1.54) is 0 Å². The predicted molar refractivity (Wildman–Crippen MR) is 73.4 cm³/mol. The van der Waals surface area contributed by atoms with Crippen LogP contribution < -0.4 is 0 Å². The number of nitrogens with zero attached hydrogens (tertiary/aromatic N) is 1. The Balaban J connectivity index is 2.62. The highest BCUT2D eigenvalue weighted by molar-refractivity contribution is 9.10. The molecule has 1 aromatic heterocycles. The first-order chi connectivity index (χ1) is 8.18. The van der Waals surface area contributed by atoms with E-state index in [2.05, 4.69) is 15.9 Å². The Morgan fingerprint density at radius 1 is 1.06 bits per heavy atom. The summed E-state index contributed by atoms with van der Waals surface area (Å²) in [4.78, 5) is 11.8. The second kappa shape index (κ2) is 3.70. The van der Waals surface area contributed by atoms with Crippen LogP contribution in [0.5, 0.6) is 0 Å². The van der Waals surface area contributed by atoms with Gasteiger partial charge in [0.15, 0.2) is 0 Å². The van der Waals surface area contributed by atoms with E-state index in [1.54, 1.807) is 11.5 Å². The molecule has 0 saturated heterocycles. The van der Waals surface area contributed by atoms with Crippen LogP contribution in [0.3, 0.4) is 0 Å². The van der Waals surface area contributed by atoms with Crippen molar-refractivity contribution >= 4 is 43.6 Å². The van der Waals surface area contributed by atoms with Gasteiger partial charge >= 0.3 is 0 Å². The SMILES string of the molecule is CC(=O)n1c2ccccc2c2ccc(Br)cc21. The van der Waals surface area contributed by atoms with Gasteiger partial charge in [0.2, 0.25) is 5.91 Å². The molecule has 0 amide bonds. The number of halogens is 1. The zero-order valence-electron chi connectivity index (χ0n) is 9.27. The normalized spacial score (nSPS) is 11.2. The van der Waals surface area contributed by atoms with Crippen LogP contribution in [0.15, 0.2) is 46.9 Å². The number of benzene rings is 2. The van der Waals surface area contributed by atoms with Gasteiger partial charge in [0.25, 0.3) is 0 Å². The van der Waals surface area contributed by atoms with Gasteiger partial charge in [0, 0.05) is 22.2 Å². The van der Waals surface area contributed by atoms with E-state index in [0.717, 1.165) is 26.3 Å². The van der Waals surface area contributed by atoms with Crippen molar-refractivity contribution in [1.29, 1.82) is 0 Å². The van der Waals surface area contributed by atoms with Crippen LogP contribution in [-0.2, 0) is 0 Å². The molecule has 0 saturated carbocycles. The Labute approximate surface area is 107 Å². The van der Waals surface area contributed by atoms with Gasteiger partial charge in [-0.05, 0) is 18.2 Å². The van der Waals surface area contributed by atoms with Crippen molar-refractivity contribution in [2.45, 2.75) is 6.92 Å². The van der Waals surface area contributed by atoms with E-state index in [1.807, 2.05) is 42.5 Å². The molecule has 0 aliphatic heterocycles. The van der Waals surface area contributed by atoms with E-state index in [9.17, 15) is 4.79 Å². The highest BCUT2D eigenvalue weighted by atomic mass is 79.9. The van der Waals surface area contributed by atoms with Crippen LogP contribution in [0, 0.1) is 0 Å². The average molecular weight is 288 g/mol. The van der Waals surface area contributed by atoms with E-state index in [4.69, 9.17) is 0 Å². The smallest absolute Gasteiger partial charge is 0.228 e. The zero-order valence-corrected chi connectivity index (χ0v) is 10.9. The molecule has 3 heteroatoms. The summed E-state index contributed by atoms with van der Waals surface area (Å²) in [5.41, 5.74) is 1.92. The Kier molecular flexibility index (Phi) is 2.30. The fourth-order valence-electron chi connectivity index (χ4n) is 2.28. The maximum atomic E-state index is 11.8. The number of carbonyl (C=O) groups is 1. The van der Waals surface area contributed by atoms with Crippen molar-refractivity contribution in [2.24, 2.45) is 0 Å². The van der Waals surface area contributed by atoms with Gasteiger partial charge in [-0.2, -0.15) is 0 Å². The number of para-hydroxylation sites is 1. The Morgan fingerprint density at radius 3 is 2.53 bits per heavy atom. The summed E-state index contributed by atoms with van der Waals surface area (Å²) in [5, 5.41) is 2.23. The lowest BCUT2D eigenvalue weighted by atomic mass is 10.2. The number of fused-ring (bicyclic) bond motifs is 3. The molecule has 17 heavy (non-hydrogen) atoms. The molecule has 0 fully saturated rings. The van der Waals surface area contributed by atoms with E-state index >= 15 is 0 Å². The second-order valence-corrected chi connectivity index (χ2v) is 4.95. The summed E-state index contributed by atoms with van der Waals surface area (Å²) in [6.07, 6.45) is 0. The number of rotatable bonds is 0. The maximum Gasteiger partial charge on any atom is 0.228 e. The van der Waals surface area contributed by atoms with Crippen LogP contribution in [0.2, 0.25) is 0 Å². The predicted octanol–water partition coefficient (Wildman–Crippen LogP) is 4.22. The molecule has 84 valence electrons. The molecule has 0 N–H and O–H groups in total. The average Bonchev–Trinajstić information content (AvgIpc) is 2.62. The van der Waals surface area contributed by atoms with Gasteiger partial charge in [-0.1, -0.05) is 40.2 Å². The zero-order chi connectivity index (χ0) is 12.0. The first-order valence-electron chi connectivity index (χ1n) is 5.38. The van der Waals surface area contributed by atoms with Gasteiger partial charge in [-0.15, -0.1) is 0 Å². The van der Waals surface area contributed by atoms with Crippen molar-refractivity contribution in [3.05, 3.63) is 46.9 Å². The number of hydrogen-bond donors (Lipinski definition) is 0. The molecular formula is C14H10BrNO. The molecule has 0 radical (unpaired) electrons. The highest BCUT2D eigenvalue weighted by Crippen LogP contribution is 2.30. The molecule has 0 bridgehead atoms. The lowest BCUT2D eigenvalue weighted by Gasteiger charge is -2.01. The molecule has 0 spiro atoms. The summed E-state index contributed by atoms with van der Waals surface area (Å²) in [6, 6.07) is 14.0. The molecule has 0 unspecified atom stereocenters. The van der Waals surface area contributed by atoms with E-state index in [0.29, 0.717) is 0 Å². The first-order valence-corrected chi connectivity index (χ1v) is 6.17. The third-order valence-electron chi connectivity index (χ3n) is 2.95. The fraction of sp³-hybridized carbons (Fsp3) is 0.0714. The van der Waals surface area contributed by atoms with Crippen LogP contribution in [0.4, 0.5) is 0 Å². The molecule has 0 atom stereocenters. The van der Waals surface area contributed by atoms with Gasteiger partial charge < -0.3 is 0 Å². The summed E-state index contributed by atoms with van der Waals surface area (Å²) < 4.78 is 2.74. The van der Waals surface area contributed by atoms with Crippen LogP contribution >= 0.6 is 15.9 Å². The maximum absolute atomic E-state index is 11.8. The van der Waals surface area contributed by atoms with E-state index < -0.39 is 0 Å². The molecule has 2 aromatic carbocycles. The monoisotopic (exact) mass is 287 g/mol. The number of carbonyl (C=O) groups excluding carboxylic acids is 1. The van der Waals surface area contributed by atoms with Crippen molar-refractivity contribution in [1.82, 2.24) is 4.57 Å². The standard InChI is InChI=1S/C14H10BrNO/c1-9(17)16-13-5-3-2-4-11(13)12-7-6-10(15)8-14(12)16/h2-8H,1H3. The van der Waals surface area contributed by atoms with Crippen LogP contribution in [0.1, 0.15) is 11.7 Å². The minimum Gasteiger partial charge on any atom is -0.280 e. The summed E-state index contributed by atoms with van der Waals surface area (Å²) >= 11 is 3.45. The fourth-order valence-corrected chi connectivity index (χ4v) is 2.63. The topological polar surface area (TPSA) is 22.0 Å². The van der Waals surface area contributed by atoms with Crippen molar-refractivity contribution in [3.8, 4) is 0 Å². The highest BCUT2D eigenvalue weighted by Gasteiger charge is 2.12. The Hall–Kier alpha value is -1.61. The van der Waals surface area contributed by atoms with Gasteiger partial charge in [-0.25, -0.2) is 0 Å². The Bertz CT molecular complexity index is 742. The molecule has 1 heterocycles. The van der Waals surface area contributed by atoms with Gasteiger partial charge in [-0.3, -0.25) is 9.36 Å². The van der Waals surface area contributed by atoms with Crippen LogP contribution in [0.25, 0.3) is 21.8 Å². The number of aromatic nitrogens is 1.